The van der Waals surface area contributed by atoms with Gasteiger partial charge in [-0.3, -0.25) is 4.79 Å². The largest absolute Gasteiger partial charge is 0.496 e. The third kappa shape index (κ3) is 5.58. The van der Waals surface area contributed by atoms with Crippen LogP contribution in [0, 0.1) is 0 Å². The number of likely N-dealkylation sites (tertiary alicyclic amines) is 1. The number of amides is 2. The smallest absolute Gasteiger partial charge is 0.471 e. The number of carbonyl (C=O) groups is 2. The average molecular weight is 465 g/mol. The fourth-order valence-corrected chi connectivity index (χ4v) is 3.50. The third-order valence-electron chi connectivity index (χ3n) is 6.06. The molecule has 1 aromatic heterocycles. The van der Waals surface area contributed by atoms with Crippen LogP contribution in [0.3, 0.4) is 0 Å². The van der Waals surface area contributed by atoms with Crippen molar-refractivity contribution in [3.8, 4) is 5.88 Å². The predicted octanol–water partition coefficient (Wildman–Crippen LogP) is 2.21. The second-order valence-corrected chi connectivity index (χ2v) is 10.5. The van der Waals surface area contributed by atoms with Crippen molar-refractivity contribution in [1.82, 2.24) is 9.88 Å². The maximum Gasteiger partial charge on any atom is 0.496 e. The van der Waals surface area contributed by atoms with Crippen LogP contribution in [-0.4, -0.2) is 71.2 Å². The van der Waals surface area contributed by atoms with Gasteiger partial charge in [-0.05, 0) is 54.5 Å². The van der Waals surface area contributed by atoms with Gasteiger partial charge in [0.2, 0.25) is 5.88 Å². The molecule has 0 radical (unpaired) electrons. The van der Waals surface area contributed by atoms with Gasteiger partial charge in [0.1, 0.15) is 17.3 Å². The van der Waals surface area contributed by atoms with E-state index in [2.05, 4.69) is 4.98 Å². The summed E-state index contributed by atoms with van der Waals surface area (Å²) in [7, 11) is -0.736. The van der Waals surface area contributed by atoms with E-state index in [1.165, 1.54) is 17.2 Å². The number of aromatic nitrogens is 1. The first-order valence-corrected chi connectivity index (χ1v) is 11.0. The minimum Gasteiger partial charge on any atom is -0.471 e. The summed E-state index contributed by atoms with van der Waals surface area (Å²) in [5.41, 5.74) is 4.25. The maximum atomic E-state index is 14.8. The highest BCUT2D eigenvalue weighted by Crippen LogP contribution is 2.36. The number of nitrogens with zero attached hydrogens (tertiary/aromatic N) is 2. The Bertz CT molecular complexity index is 904. The van der Waals surface area contributed by atoms with E-state index < -0.39 is 48.2 Å². The molecule has 0 saturated carbocycles. The van der Waals surface area contributed by atoms with Crippen molar-refractivity contribution in [2.45, 2.75) is 84.0 Å². The number of carbonyl (C=O) groups excluding carboxylic acids is 2. The Labute approximate surface area is 194 Å². The van der Waals surface area contributed by atoms with Gasteiger partial charge in [0.25, 0.3) is 5.91 Å². The molecule has 2 aliphatic heterocycles. The molecule has 0 spiro atoms. The first-order valence-electron chi connectivity index (χ1n) is 11.0. The first kappa shape index (κ1) is 25.2. The molecule has 182 valence electrons. The molecule has 2 amide bonds. The van der Waals surface area contributed by atoms with Crippen molar-refractivity contribution in [2.75, 3.05) is 13.1 Å². The Morgan fingerprint density at radius 2 is 1.85 bits per heavy atom. The quantitative estimate of drug-likeness (QED) is 0.679. The normalized spacial score (nSPS) is 24.5. The third-order valence-corrected chi connectivity index (χ3v) is 6.06. The van der Waals surface area contributed by atoms with Crippen LogP contribution in [0.5, 0.6) is 5.88 Å². The van der Waals surface area contributed by atoms with E-state index in [1.54, 1.807) is 20.8 Å². The van der Waals surface area contributed by atoms with Gasteiger partial charge in [-0.1, -0.05) is 0 Å². The van der Waals surface area contributed by atoms with E-state index in [1.807, 2.05) is 27.7 Å². The van der Waals surface area contributed by atoms with Crippen LogP contribution in [0.1, 0.15) is 65.2 Å². The summed E-state index contributed by atoms with van der Waals surface area (Å²) in [5.74, 6) is -0.835. The highest BCUT2D eigenvalue weighted by molar-refractivity contribution is 6.62. The number of ether oxygens (including phenoxy) is 2. The molecule has 11 heteroatoms. The van der Waals surface area contributed by atoms with Crippen molar-refractivity contribution in [3.05, 3.63) is 17.8 Å². The van der Waals surface area contributed by atoms with Crippen LogP contribution in [0.2, 0.25) is 0 Å². The molecular weight excluding hydrogens is 432 g/mol. The number of rotatable bonds is 4. The standard InChI is InChI=1S/C22H33BFN3O6/c1-20(2,3)31-19(29)27-9-8-16(15(24)12-27)30-18-14(17(25)28)10-13(11-26-18)23-32-21(4,5)22(6,7)33-23/h10-11,15-16H,8-9,12H2,1-7H3,(H2,25,28)/t15-,16+/m0/s1. The molecule has 33 heavy (non-hydrogen) atoms. The minimum atomic E-state index is -1.49. The fourth-order valence-electron chi connectivity index (χ4n) is 3.50. The van der Waals surface area contributed by atoms with E-state index in [0.29, 0.717) is 5.46 Å². The molecular formula is C22H33BFN3O6. The van der Waals surface area contributed by atoms with Crippen molar-refractivity contribution < 1.29 is 32.8 Å². The number of primary amides is 1. The van der Waals surface area contributed by atoms with Crippen molar-refractivity contribution in [1.29, 1.82) is 0 Å². The molecule has 2 saturated heterocycles. The Kier molecular flexibility index (Phi) is 6.69. The zero-order valence-corrected chi connectivity index (χ0v) is 20.3. The topological polar surface area (TPSA) is 113 Å². The summed E-state index contributed by atoms with van der Waals surface area (Å²) in [6, 6.07) is 1.50. The van der Waals surface area contributed by atoms with E-state index in [4.69, 9.17) is 24.5 Å². The van der Waals surface area contributed by atoms with Gasteiger partial charge in [0.15, 0.2) is 6.17 Å². The highest BCUT2D eigenvalue weighted by Gasteiger charge is 2.52. The van der Waals surface area contributed by atoms with Crippen LogP contribution in [0.15, 0.2) is 12.3 Å². The van der Waals surface area contributed by atoms with Gasteiger partial charge in [-0.15, -0.1) is 0 Å². The van der Waals surface area contributed by atoms with E-state index in [9.17, 15) is 14.0 Å². The summed E-state index contributed by atoms with van der Waals surface area (Å²) in [6.07, 6.45) is -1.29. The number of nitrogens with two attached hydrogens (primary N) is 1. The molecule has 0 aromatic carbocycles. The Hall–Kier alpha value is -2.40. The number of piperidine rings is 1. The lowest BCUT2D eigenvalue weighted by molar-refractivity contribution is -0.0115. The molecule has 0 unspecified atom stereocenters. The Morgan fingerprint density at radius 1 is 1.24 bits per heavy atom. The van der Waals surface area contributed by atoms with Gasteiger partial charge in [-0.25, -0.2) is 14.2 Å². The lowest BCUT2D eigenvalue weighted by Gasteiger charge is -2.35. The minimum absolute atomic E-state index is 0.00369. The number of hydrogen-bond acceptors (Lipinski definition) is 7. The Balaban J connectivity index is 1.72. The predicted molar refractivity (Wildman–Crippen MR) is 120 cm³/mol. The van der Waals surface area contributed by atoms with Crippen molar-refractivity contribution >= 4 is 24.6 Å². The molecule has 2 fully saturated rings. The van der Waals surface area contributed by atoms with E-state index in [-0.39, 0.29) is 31.0 Å². The molecule has 2 atom stereocenters. The summed E-state index contributed by atoms with van der Waals surface area (Å²) in [5, 5.41) is 0. The van der Waals surface area contributed by atoms with E-state index >= 15 is 0 Å². The highest BCUT2D eigenvalue weighted by atomic mass is 19.1. The monoisotopic (exact) mass is 465 g/mol. The molecule has 2 N–H and O–H groups in total. The summed E-state index contributed by atoms with van der Waals surface area (Å²) in [6.45, 7) is 13.0. The van der Waals surface area contributed by atoms with Crippen LogP contribution in [0.25, 0.3) is 0 Å². The molecule has 0 bridgehead atoms. The number of pyridine rings is 1. The molecule has 1 aromatic rings. The summed E-state index contributed by atoms with van der Waals surface area (Å²) >= 11 is 0. The van der Waals surface area contributed by atoms with Crippen molar-refractivity contribution in [2.24, 2.45) is 5.73 Å². The second-order valence-electron chi connectivity index (χ2n) is 10.5. The van der Waals surface area contributed by atoms with Gasteiger partial charge in [0.05, 0.1) is 17.7 Å². The summed E-state index contributed by atoms with van der Waals surface area (Å²) < 4.78 is 37.9. The molecule has 3 heterocycles. The van der Waals surface area contributed by atoms with Crippen LogP contribution < -0.4 is 15.9 Å². The molecule has 9 nitrogen and oxygen atoms in total. The van der Waals surface area contributed by atoms with E-state index in [0.717, 1.165) is 0 Å². The SMILES string of the molecule is CC(C)(C)OC(=O)N1CC[C@@H](Oc2ncc(B3OC(C)(C)C(C)(C)O3)cc2C(N)=O)[C@@H](F)C1. The number of alkyl halides is 1. The molecule has 2 aliphatic rings. The zero-order chi connectivity index (χ0) is 24.8. The lowest BCUT2D eigenvalue weighted by atomic mass is 9.79. The van der Waals surface area contributed by atoms with Gasteiger partial charge in [-0.2, -0.15) is 0 Å². The number of halogens is 1. The van der Waals surface area contributed by atoms with Crippen molar-refractivity contribution in [3.63, 3.8) is 0 Å². The second kappa shape index (κ2) is 8.75. The molecule has 3 rings (SSSR count). The van der Waals surface area contributed by atoms with Gasteiger partial charge in [0, 0.05) is 24.6 Å². The molecule has 0 aliphatic carbocycles. The number of hydrogen-bond donors (Lipinski definition) is 1. The average Bonchev–Trinajstić information content (AvgIpc) is 2.89. The maximum absolute atomic E-state index is 14.8. The Morgan fingerprint density at radius 3 is 2.36 bits per heavy atom. The first-order chi connectivity index (χ1) is 15.1. The van der Waals surface area contributed by atoms with Gasteiger partial charge < -0.3 is 29.4 Å². The zero-order valence-electron chi connectivity index (χ0n) is 20.3. The summed E-state index contributed by atoms with van der Waals surface area (Å²) in [4.78, 5) is 29.8. The van der Waals surface area contributed by atoms with Gasteiger partial charge >= 0.3 is 13.2 Å². The fraction of sp³-hybridized carbons (Fsp3) is 0.682. The van der Waals surface area contributed by atoms with Crippen LogP contribution in [-0.2, 0) is 14.0 Å². The van der Waals surface area contributed by atoms with Crippen LogP contribution >= 0.6 is 0 Å². The lowest BCUT2D eigenvalue weighted by Crippen LogP contribution is -2.50. The van der Waals surface area contributed by atoms with Crippen LogP contribution in [0.4, 0.5) is 9.18 Å².